The summed E-state index contributed by atoms with van der Waals surface area (Å²) in [6, 6.07) is 0. The number of aliphatic hydroxyl groups excluding tert-OH is 3. The molecule has 0 aliphatic carbocycles. The summed E-state index contributed by atoms with van der Waals surface area (Å²) in [7, 11) is 0. The van der Waals surface area contributed by atoms with Gasteiger partial charge in [-0.25, -0.2) is 0 Å². The molecule has 0 aromatic carbocycles. The summed E-state index contributed by atoms with van der Waals surface area (Å²) in [5.41, 5.74) is 0. The first-order valence-electron chi connectivity index (χ1n) is 20.0. The number of unbranched alkanes of at least 4 members (excludes halogenated alkanes) is 5. The lowest BCUT2D eigenvalue weighted by Crippen LogP contribution is -2.55. The zero-order valence-electron chi connectivity index (χ0n) is 32.8. The number of carbonyl (C=O) groups excluding carboxylic acids is 2. The van der Waals surface area contributed by atoms with E-state index >= 15 is 0 Å². The number of rotatable bonds is 30. The Morgan fingerprint density at radius 3 is 1.70 bits per heavy atom. The van der Waals surface area contributed by atoms with Gasteiger partial charge in [0.15, 0.2) is 12.4 Å². The Morgan fingerprint density at radius 1 is 0.623 bits per heavy atom. The van der Waals surface area contributed by atoms with Crippen LogP contribution in [0.15, 0.2) is 85.1 Å². The predicted octanol–water partition coefficient (Wildman–Crippen LogP) is 8.71. The van der Waals surface area contributed by atoms with Crippen LogP contribution in [0.2, 0.25) is 0 Å². The standard InChI is InChI=1S/C44H70O9/c1-4-6-8-10-12-14-16-18-19-21-22-24-26-28-30-32-40(46)50-35-38(36-51-44-43(49)42(48)37(3)39(34-45)53-44)52-41(47)33-31-29-27-25-23-20-17-15-13-11-9-7-5-2/h6-9,12-15,18-20,23,27,29,37-39,42-45,48-49H,4-5,10-11,16-17,21-22,24-26,28,30-36H2,1-3H3/b8-6-,9-7-,14-12-,15-13-,19-18-,23-20-,29-27-. The van der Waals surface area contributed by atoms with Crippen LogP contribution in [0.25, 0.3) is 0 Å². The second kappa shape index (κ2) is 33.5. The van der Waals surface area contributed by atoms with Crippen molar-refractivity contribution in [1.29, 1.82) is 0 Å². The van der Waals surface area contributed by atoms with E-state index in [1.807, 2.05) is 12.2 Å². The molecule has 6 unspecified atom stereocenters. The molecule has 0 radical (unpaired) electrons. The molecular weight excluding hydrogens is 672 g/mol. The monoisotopic (exact) mass is 743 g/mol. The predicted molar refractivity (Wildman–Crippen MR) is 213 cm³/mol. The molecule has 300 valence electrons. The molecule has 0 amide bonds. The van der Waals surface area contributed by atoms with Crippen LogP contribution in [0.4, 0.5) is 0 Å². The van der Waals surface area contributed by atoms with Gasteiger partial charge in [0, 0.05) is 18.8 Å². The van der Waals surface area contributed by atoms with Crippen molar-refractivity contribution >= 4 is 11.9 Å². The third-order valence-electron chi connectivity index (χ3n) is 8.68. The van der Waals surface area contributed by atoms with Gasteiger partial charge in [-0.3, -0.25) is 9.59 Å². The lowest BCUT2D eigenvalue weighted by molar-refractivity contribution is -0.293. The summed E-state index contributed by atoms with van der Waals surface area (Å²) in [6.07, 6.45) is 38.0. The number of hydrogen-bond donors (Lipinski definition) is 3. The van der Waals surface area contributed by atoms with E-state index in [4.69, 9.17) is 18.9 Å². The van der Waals surface area contributed by atoms with E-state index in [1.165, 1.54) is 0 Å². The van der Waals surface area contributed by atoms with E-state index in [0.29, 0.717) is 12.8 Å². The first kappa shape index (κ1) is 47.9. The van der Waals surface area contributed by atoms with Crippen LogP contribution < -0.4 is 0 Å². The Hall–Kier alpha value is -3.08. The van der Waals surface area contributed by atoms with Crippen LogP contribution in [-0.2, 0) is 28.5 Å². The van der Waals surface area contributed by atoms with Crippen molar-refractivity contribution in [3.8, 4) is 0 Å². The average Bonchev–Trinajstić information content (AvgIpc) is 3.15. The summed E-state index contributed by atoms with van der Waals surface area (Å²) in [4.78, 5) is 25.2. The lowest BCUT2D eigenvalue weighted by atomic mass is 9.91. The number of esters is 2. The van der Waals surface area contributed by atoms with Gasteiger partial charge >= 0.3 is 11.9 Å². The first-order chi connectivity index (χ1) is 25.8. The van der Waals surface area contributed by atoms with Crippen molar-refractivity contribution in [2.75, 3.05) is 19.8 Å². The van der Waals surface area contributed by atoms with Gasteiger partial charge < -0.3 is 34.3 Å². The fourth-order valence-corrected chi connectivity index (χ4v) is 5.42. The Morgan fingerprint density at radius 2 is 1.13 bits per heavy atom. The number of ether oxygens (including phenoxy) is 4. The highest BCUT2D eigenvalue weighted by Gasteiger charge is 2.42. The third kappa shape index (κ3) is 25.6. The molecule has 1 aliphatic rings. The minimum absolute atomic E-state index is 0.133. The van der Waals surface area contributed by atoms with Gasteiger partial charge in [0.05, 0.1) is 25.4 Å². The third-order valence-corrected chi connectivity index (χ3v) is 8.68. The van der Waals surface area contributed by atoms with Crippen LogP contribution in [0, 0.1) is 5.92 Å². The fraction of sp³-hybridized carbons (Fsp3) is 0.636. The Labute approximate surface area is 320 Å². The maximum absolute atomic E-state index is 12.7. The largest absolute Gasteiger partial charge is 0.462 e. The van der Waals surface area contributed by atoms with Crippen molar-refractivity contribution in [3.63, 3.8) is 0 Å². The quantitative estimate of drug-likeness (QED) is 0.0376. The van der Waals surface area contributed by atoms with E-state index < -0.39 is 42.6 Å². The van der Waals surface area contributed by atoms with Gasteiger partial charge in [0.2, 0.25) is 0 Å². The molecule has 0 aromatic heterocycles. The molecule has 1 rings (SSSR count). The summed E-state index contributed by atoms with van der Waals surface area (Å²) < 4.78 is 22.4. The van der Waals surface area contributed by atoms with Crippen molar-refractivity contribution in [3.05, 3.63) is 85.1 Å². The zero-order valence-corrected chi connectivity index (χ0v) is 32.8. The van der Waals surface area contributed by atoms with Crippen LogP contribution in [-0.4, -0.2) is 77.8 Å². The molecule has 0 aromatic rings. The fourth-order valence-electron chi connectivity index (χ4n) is 5.42. The van der Waals surface area contributed by atoms with E-state index in [0.717, 1.165) is 77.0 Å². The molecule has 9 nitrogen and oxygen atoms in total. The summed E-state index contributed by atoms with van der Waals surface area (Å²) >= 11 is 0. The van der Waals surface area contributed by atoms with E-state index in [1.54, 1.807) is 6.92 Å². The van der Waals surface area contributed by atoms with Crippen molar-refractivity contribution in [2.24, 2.45) is 5.92 Å². The van der Waals surface area contributed by atoms with E-state index in [2.05, 4.69) is 86.8 Å². The molecule has 1 fully saturated rings. The highest BCUT2D eigenvalue weighted by molar-refractivity contribution is 5.70. The van der Waals surface area contributed by atoms with Crippen LogP contribution in [0.5, 0.6) is 0 Å². The number of aliphatic hydroxyl groups is 3. The Kier molecular flexibility index (Phi) is 30.3. The van der Waals surface area contributed by atoms with Crippen LogP contribution in [0.1, 0.15) is 124 Å². The van der Waals surface area contributed by atoms with Gasteiger partial charge in [-0.1, -0.05) is 125 Å². The Bertz CT molecular complexity index is 1130. The first-order valence-corrected chi connectivity index (χ1v) is 20.0. The molecule has 3 N–H and O–H groups in total. The molecule has 0 bridgehead atoms. The zero-order chi connectivity index (χ0) is 38.8. The van der Waals surface area contributed by atoms with E-state index in [9.17, 15) is 24.9 Å². The lowest BCUT2D eigenvalue weighted by Gasteiger charge is -2.40. The minimum Gasteiger partial charge on any atom is -0.462 e. The van der Waals surface area contributed by atoms with Crippen LogP contribution in [0.3, 0.4) is 0 Å². The highest BCUT2D eigenvalue weighted by Crippen LogP contribution is 2.26. The molecule has 6 atom stereocenters. The highest BCUT2D eigenvalue weighted by atomic mass is 16.7. The summed E-state index contributed by atoms with van der Waals surface area (Å²) in [5, 5.41) is 30.5. The Balaban J connectivity index is 2.45. The molecule has 9 heteroatoms. The van der Waals surface area contributed by atoms with E-state index in [-0.39, 0.29) is 38.6 Å². The second-order valence-corrected chi connectivity index (χ2v) is 13.3. The molecule has 1 heterocycles. The summed E-state index contributed by atoms with van der Waals surface area (Å²) in [6.45, 7) is 5.12. The van der Waals surface area contributed by atoms with Gasteiger partial charge in [0.25, 0.3) is 0 Å². The SMILES string of the molecule is CC/C=C\C/C=C\C/C=C\C/C=C\CCC(=O)OC(COC(=O)CCCCCCC/C=C\C/C=C\C/C=C\CC)COC1OC(CO)C(C)C(O)C1O. The van der Waals surface area contributed by atoms with Crippen LogP contribution >= 0.6 is 0 Å². The van der Waals surface area contributed by atoms with Crippen molar-refractivity contribution in [1.82, 2.24) is 0 Å². The second-order valence-electron chi connectivity index (χ2n) is 13.3. The van der Waals surface area contributed by atoms with Crippen molar-refractivity contribution in [2.45, 2.75) is 154 Å². The van der Waals surface area contributed by atoms with Gasteiger partial charge in [-0.15, -0.1) is 0 Å². The smallest absolute Gasteiger partial charge is 0.306 e. The minimum atomic E-state index is -1.36. The van der Waals surface area contributed by atoms with Gasteiger partial charge in [0.1, 0.15) is 12.7 Å². The molecule has 1 saturated heterocycles. The molecule has 53 heavy (non-hydrogen) atoms. The molecular formula is C44H70O9. The maximum Gasteiger partial charge on any atom is 0.306 e. The maximum atomic E-state index is 12.7. The summed E-state index contributed by atoms with van der Waals surface area (Å²) in [5.74, 6) is -1.36. The van der Waals surface area contributed by atoms with Gasteiger partial charge in [-0.2, -0.15) is 0 Å². The van der Waals surface area contributed by atoms with Gasteiger partial charge in [-0.05, 0) is 70.6 Å². The number of carbonyl (C=O) groups is 2. The van der Waals surface area contributed by atoms with Crippen molar-refractivity contribution < 1.29 is 43.9 Å². The number of hydrogen-bond acceptors (Lipinski definition) is 9. The number of allylic oxidation sites excluding steroid dienone is 14. The molecule has 1 aliphatic heterocycles. The molecule has 0 saturated carbocycles. The normalized spacial score (nSPS) is 21.8. The average molecular weight is 743 g/mol. The topological polar surface area (TPSA) is 132 Å². The molecule has 0 spiro atoms.